The van der Waals surface area contributed by atoms with Crippen LogP contribution in [0.5, 0.6) is 0 Å². The summed E-state index contributed by atoms with van der Waals surface area (Å²) in [5.41, 5.74) is 1.51. The molecule has 0 aliphatic carbocycles. The number of aromatic nitrogens is 6. The van der Waals surface area contributed by atoms with Crippen LogP contribution < -0.4 is 0 Å². The maximum Gasteiger partial charge on any atom is 0.235 e. The molecular weight excluding hydrogens is 315 g/mol. The average molecular weight is 324 g/mol. The largest absolute Gasteiger partial charge is 0.261 e. The smallest absolute Gasteiger partial charge is 0.235 e. The van der Waals surface area contributed by atoms with Crippen molar-refractivity contribution in [3.63, 3.8) is 0 Å². The fraction of sp³-hybridized carbons (Fsp3) is 0. The van der Waals surface area contributed by atoms with Crippen LogP contribution in [0.1, 0.15) is 10.6 Å². The van der Waals surface area contributed by atoms with Crippen LogP contribution in [-0.4, -0.2) is 29.8 Å². The van der Waals surface area contributed by atoms with Crippen molar-refractivity contribution < 1.29 is 4.39 Å². The molecule has 3 heterocycles. The Morgan fingerprint density at radius 2 is 1.91 bits per heavy atom. The molecule has 0 radical (unpaired) electrons. The van der Waals surface area contributed by atoms with Gasteiger partial charge in [0, 0.05) is 12.4 Å². The molecule has 0 saturated heterocycles. The molecule has 0 bridgehead atoms. The fourth-order valence-electron chi connectivity index (χ4n) is 2.01. The number of fused-ring (bicyclic) bond motifs is 1. The van der Waals surface area contributed by atoms with Crippen LogP contribution >= 0.6 is 11.3 Å². The Bertz CT molecular complexity index is 974. The Kier molecular flexibility index (Phi) is 3.35. The van der Waals surface area contributed by atoms with Crippen LogP contribution in [0.3, 0.4) is 0 Å². The van der Waals surface area contributed by atoms with Crippen LogP contribution in [0.4, 0.5) is 4.39 Å². The third-order valence-corrected chi connectivity index (χ3v) is 3.95. The van der Waals surface area contributed by atoms with Crippen LogP contribution in [0.15, 0.2) is 42.9 Å². The van der Waals surface area contributed by atoms with Gasteiger partial charge in [-0.2, -0.15) is 9.61 Å². The van der Waals surface area contributed by atoms with Crippen molar-refractivity contribution in [3.05, 3.63) is 59.2 Å². The molecule has 0 aliphatic heterocycles. The van der Waals surface area contributed by atoms with Gasteiger partial charge in [0.1, 0.15) is 16.5 Å². The second-order valence-corrected chi connectivity index (χ2v) is 5.62. The molecule has 3 aromatic heterocycles. The number of rotatable bonds is 3. The molecule has 0 unspecified atom stereocenters. The van der Waals surface area contributed by atoms with Gasteiger partial charge in [-0.3, -0.25) is 4.98 Å². The van der Waals surface area contributed by atoms with Gasteiger partial charge in [0.2, 0.25) is 10.8 Å². The topological polar surface area (TPSA) is 68.9 Å². The van der Waals surface area contributed by atoms with E-state index in [1.165, 1.54) is 23.5 Å². The van der Waals surface area contributed by atoms with Crippen LogP contribution in [0, 0.1) is 5.82 Å². The molecule has 23 heavy (non-hydrogen) atoms. The standard InChI is InChI=1S/C15H9FN6S/c16-11-4-1-10(2-5-11)3-6-13-21-22-14(19-20-15(22)23-13)12-9-17-7-8-18-12/h1-9H/b6-3+. The van der Waals surface area contributed by atoms with Crippen molar-refractivity contribution in [1.29, 1.82) is 0 Å². The maximum absolute atomic E-state index is 12.9. The second-order valence-electron chi connectivity index (χ2n) is 4.63. The van der Waals surface area contributed by atoms with Gasteiger partial charge in [0.25, 0.3) is 0 Å². The summed E-state index contributed by atoms with van der Waals surface area (Å²) in [6.45, 7) is 0. The third-order valence-electron chi connectivity index (χ3n) is 3.09. The highest BCUT2D eigenvalue weighted by atomic mass is 32.1. The minimum Gasteiger partial charge on any atom is -0.261 e. The molecule has 0 aliphatic rings. The summed E-state index contributed by atoms with van der Waals surface area (Å²) < 4.78 is 14.5. The van der Waals surface area contributed by atoms with E-state index in [1.807, 2.05) is 12.2 Å². The molecule has 112 valence electrons. The van der Waals surface area contributed by atoms with Crippen LogP contribution in [0.25, 0.3) is 28.6 Å². The molecular formula is C15H9FN6S. The quantitative estimate of drug-likeness (QED) is 0.579. The lowest BCUT2D eigenvalue weighted by molar-refractivity contribution is 0.628. The van der Waals surface area contributed by atoms with Gasteiger partial charge in [-0.15, -0.1) is 10.2 Å². The number of hydrogen-bond donors (Lipinski definition) is 0. The highest BCUT2D eigenvalue weighted by Crippen LogP contribution is 2.20. The van der Waals surface area contributed by atoms with E-state index in [0.717, 1.165) is 10.6 Å². The van der Waals surface area contributed by atoms with E-state index in [2.05, 4.69) is 25.3 Å². The summed E-state index contributed by atoms with van der Waals surface area (Å²) in [4.78, 5) is 8.90. The first kappa shape index (κ1) is 13.6. The van der Waals surface area contributed by atoms with Crippen molar-refractivity contribution in [1.82, 2.24) is 29.8 Å². The average Bonchev–Trinajstić information content (AvgIpc) is 3.15. The van der Waals surface area contributed by atoms with E-state index >= 15 is 0 Å². The summed E-state index contributed by atoms with van der Waals surface area (Å²) in [5, 5.41) is 13.4. The summed E-state index contributed by atoms with van der Waals surface area (Å²) in [6, 6.07) is 6.25. The van der Waals surface area contributed by atoms with Gasteiger partial charge in [-0.1, -0.05) is 29.5 Å². The molecule has 0 atom stereocenters. The zero-order valence-corrected chi connectivity index (χ0v) is 12.5. The molecule has 6 nitrogen and oxygen atoms in total. The fourth-order valence-corrected chi connectivity index (χ4v) is 2.76. The monoisotopic (exact) mass is 324 g/mol. The Morgan fingerprint density at radius 1 is 1.04 bits per heavy atom. The summed E-state index contributed by atoms with van der Waals surface area (Å²) >= 11 is 1.40. The van der Waals surface area contributed by atoms with Crippen LogP contribution in [0.2, 0.25) is 0 Å². The number of hydrogen-bond acceptors (Lipinski definition) is 6. The lowest BCUT2D eigenvalue weighted by atomic mass is 10.2. The highest BCUT2D eigenvalue weighted by Gasteiger charge is 2.13. The first-order valence-electron chi connectivity index (χ1n) is 6.72. The minimum atomic E-state index is -0.255. The SMILES string of the molecule is Fc1ccc(/C=C/c2nn3c(-c4cnccn4)nnc3s2)cc1. The number of nitrogens with zero attached hydrogens (tertiary/aromatic N) is 6. The van der Waals surface area contributed by atoms with Gasteiger partial charge in [0.05, 0.1) is 6.20 Å². The van der Waals surface area contributed by atoms with Gasteiger partial charge in [-0.25, -0.2) is 9.37 Å². The third kappa shape index (κ3) is 2.71. The zero-order valence-electron chi connectivity index (χ0n) is 11.7. The Hall–Kier alpha value is -3.00. The molecule has 0 saturated carbocycles. The van der Waals surface area contributed by atoms with Crippen molar-refractivity contribution in [2.24, 2.45) is 0 Å². The highest BCUT2D eigenvalue weighted by molar-refractivity contribution is 7.17. The van der Waals surface area contributed by atoms with Gasteiger partial charge < -0.3 is 0 Å². The summed E-state index contributed by atoms with van der Waals surface area (Å²) in [5.74, 6) is 0.292. The first-order chi connectivity index (χ1) is 11.3. The van der Waals surface area contributed by atoms with Crippen molar-refractivity contribution in [3.8, 4) is 11.5 Å². The number of halogens is 1. The van der Waals surface area contributed by atoms with Crippen molar-refractivity contribution >= 4 is 28.4 Å². The van der Waals surface area contributed by atoms with E-state index in [-0.39, 0.29) is 5.82 Å². The van der Waals surface area contributed by atoms with E-state index in [1.54, 1.807) is 35.2 Å². The second kappa shape index (κ2) is 5.65. The lowest BCUT2D eigenvalue weighted by Crippen LogP contribution is -1.93. The van der Waals surface area contributed by atoms with Crippen molar-refractivity contribution in [2.75, 3.05) is 0 Å². The molecule has 0 amide bonds. The summed E-state index contributed by atoms with van der Waals surface area (Å²) in [6.07, 6.45) is 8.53. The molecule has 0 spiro atoms. The molecule has 1 aromatic carbocycles. The minimum absolute atomic E-state index is 0.255. The van der Waals surface area contributed by atoms with Gasteiger partial charge >= 0.3 is 0 Å². The van der Waals surface area contributed by atoms with E-state index in [4.69, 9.17) is 0 Å². The first-order valence-corrected chi connectivity index (χ1v) is 7.53. The van der Waals surface area contributed by atoms with E-state index in [0.29, 0.717) is 16.5 Å². The molecule has 0 fully saturated rings. The van der Waals surface area contributed by atoms with Gasteiger partial charge in [-0.05, 0) is 23.8 Å². The van der Waals surface area contributed by atoms with Crippen molar-refractivity contribution in [2.45, 2.75) is 0 Å². The maximum atomic E-state index is 12.9. The van der Waals surface area contributed by atoms with Crippen LogP contribution in [-0.2, 0) is 0 Å². The predicted molar refractivity (Wildman–Crippen MR) is 85.0 cm³/mol. The zero-order chi connectivity index (χ0) is 15.6. The lowest BCUT2D eigenvalue weighted by Gasteiger charge is -1.93. The number of benzene rings is 1. The molecule has 4 rings (SSSR count). The predicted octanol–water partition coefficient (Wildman–Crippen LogP) is 2.95. The van der Waals surface area contributed by atoms with E-state index < -0.39 is 0 Å². The molecule has 0 N–H and O–H groups in total. The molecule has 8 heteroatoms. The normalized spacial score (nSPS) is 11.5. The Morgan fingerprint density at radius 3 is 2.70 bits per heavy atom. The molecule has 4 aromatic rings. The van der Waals surface area contributed by atoms with Gasteiger partial charge in [0.15, 0.2) is 0 Å². The Labute approximate surface area is 134 Å². The summed E-state index contributed by atoms with van der Waals surface area (Å²) in [7, 11) is 0. The Balaban J connectivity index is 1.67. The van der Waals surface area contributed by atoms with E-state index in [9.17, 15) is 4.39 Å².